The van der Waals surface area contributed by atoms with Crippen LogP contribution in [-0.4, -0.2) is 38.2 Å². The van der Waals surface area contributed by atoms with Crippen molar-refractivity contribution in [3.8, 4) is 0 Å². The molecule has 0 N–H and O–H groups in total. The Kier molecular flexibility index (Phi) is 2.20. The van der Waals surface area contributed by atoms with Gasteiger partial charge in [-0.15, -0.1) is 0 Å². The van der Waals surface area contributed by atoms with Crippen molar-refractivity contribution in [2.45, 2.75) is 23.8 Å². The molecule has 0 spiro atoms. The van der Waals surface area contributed by atoms with Crippen molar-refractivity contribution < 1.29 is 13.2 Å². The summed E-state index contributed by atoms with van der Waals surface area (Å²) in [6.45, 7) is 1.49. The van der Waals surface area contributed by atoms with Gasteiger partial charge >= 0.3 is 0 Å². The van der Waals surface area contributed by atoms with Crippen LogP contribution in [0.5, 0.6) is 0 Å². The van der Waals surface area contributed by atoms with Crippen molar-refractivity contribution in [3.63, 3.8) is 0 Å². The van der Waals surface area contributed by atoms with E-state index in [-0.39, 0.29) is 11.8 Å². The summed E-state index contributed by atoms with van der Waals surface area (Å²) in [5.74, 6) is 0.101. The van der Waals surface area contributed by atoms with E-state index in [1.165, 1.54) is 0 Å². The third-order valence-electron chi connectivity index (χ3n) is 5.64. The first-order chi connectivity index (χ1) is 10.5. The van der Waals surface area contributed by atoms with E-state index in [2.05, 4.69) is 4.90 Å². The van der Waals surface area contributed by atoms with Gasteiger partial charge in [0, 0.05) is 31.0 Å². The molecular formula is C17H15NO3S. The van der Waals surface area contributed by atoms with Crippen LogP contribution in [0.1, 0.15) is 18.4 Å². The molecule has 0 amide bonds. The largest absolute Gasteiger partial charge is 0.295 e. The average Bonchev–Trinajstić information content (AvgIpc) is 2.89. The van der Waals surface area contributed by atoms with Gasteiger partial charge in [0.05, 0.1) is 9.80 Å². The average molecular weight is 313 g/mol. The minimum absolute atomic E-state index is 0.00726. The third kappa shape index (κ3) is 1.28. The van der Waals surface area contributed by atoms with Crippen LogP contribution in [0.25, 0.3) is 5.57 Å². The van der Waals surface area contributed by atoms with Crippen LogP contribution in [0.2, 0.25) is 0 Å². The van der Waals surface area contributed by atoms with Crippen molar-refractivity contribution >= 4 is 21.2 Å². The minimum atomic E-state index is -3.45. The van der Waals surface area contributed by atoms with Crippen molar-refractivity contribution in [1.82, 2.24) is 4.90 Å². The smallest absolute Gasteiger partial charge is 0.204 e. The molecule has 4 nitrogen and oxygen atoms in total. The molecule has 1 fully saturated rings. The van der Waals surface area contributed by atoms with Crippen LogP contribution in [0.4, 0.5) is 0 Å². The highest BCUT2D eigenvalue weighted by Gasteiger charge is 2.59. The fourth-order valence-electron chi connectivity index (χ4n) is 4.75. The van der Waals surface area contributed by atoms with E-state index < -0.39 is 15.3 Å². The molecule has 0 radical (unpaired) electrons. The number of rotatable bonds is 0. The fraction of sp³-hybridized carbons (Fsp3) is 0.353. The van der Waals surface area contributed by atoms with Gasteiger partial charge in [0.25, 0.3) is 0 Å². The lowest BCUT2D eigenvalue weighted by Crippen LogP contribution is -2.48. The lowest BCUT2D eigenvalue weighted by Gasteiger charge is -2.42. The van der Waals surface area contributed by atoms with E-state index in [1.54, 1.807) is 18.2 Å². The number of hydrogen-bond donors (Lipinski definition) is 0. The predicted molar refractivity (Wildman–Crippen MR) is 81.7 cm³/mol. The number of hydrogen-bond acceptors (Lipinski definition) is 4. The Bertz CT molecular complexity index is 896. The van der Waals surface area contributed by atoms with Gasteiger partial charge < -0.3 is 0 Å². The van der Waals surface area contributed by atoms with E-state index >= 15 is 0 Å². The molecule has 1 saturated heterocycles. The number of nitrogens with zero attached hydrogens (tertiary/aromatic N) is 1. The standard InChI is InChI=1S/C17H15NO3S/c19-11-5-6-17-7-8-18(15(17)9-11)10-13-12-3-1-2-4-14(12)22(20,21)16(13)17/h1-6,15H,7-10H2/t15-,17+/m0/s1. The quantitative estimate of drug-likeness (QED) is 0.733. The van der Waals surface area contributed by atoms with Gasteiger partial charge in [0.2, 0.25) is 9.84 Å². The number of carbonyl (C=O) groups is 1. The predicted octanol–water partition coefficient (Wildman–Crippen LogP) is 1.79. The minimum Gasteiger partial charge on any atom is -0.295 e. The molecule has 3 heterocycles. The van der Waals surface area contributed by atoms with Crippen LogP contribution < -0.4 is 0 Å². The van der Waals surface area contributed by atoms with Gasteiger partial charge in [0.15, 0.2) is 5.78 Å². The Morgan fingerprint density at radius 1 is 1.23 bits per heavy atom. The number of ketones is 1. The van der Waals surface area contributed by atoms with Gasteiger partial charge in [-0.25, -0.2) is 8.42 Å². The number of carbonyl (C=O) groups excluding carboxylic acids is 1. The topological polar surface area (TPSA) is 54.5 Å². The molecule has 22 heavy (non-hydrogen) atoms. The second-order valence-corrected chi connectivity index (χ2v) is 8.44. The first-order valence-corrected chi connectivity index (χ1v) is 9.07. The summed E-state index contributed by atoms with van der Waals surface area (Å²) >= 11 is 0. The van der Waals surface area contributed by atoms with Gasteiger partial charge in [-0.2, -0.15) is 0 Å². The first kappa shape index (κ1) is 12.8. The molecule has 2 bridgehead atoms. The molecular weight excluding hydrogens is 298 g/mol. The monoisotopic (exact) mass is 313 g/mol. The van der Waals surface area contributed by atoms with Crippen LogP contribution in [0.3, 0.4) is 0 Å². The first-order valence-electron chi connectivity index (χ1n) is 7.58. The Labute approximate surface area is 129 Å². The summed E-state index contributed by atoms with van der Waals surface area (Å²) < 4.78 is 26.3. The van der Waals surface area contributed by atoms with Crippen molar-refractivity contribution in [1.29, 1.82) is 0 Å². The highest BCUT2D eigenvalue weighted by molar-refractivity contribution is 7.96. The summed E-state index contributed by atoms with van der Waals surface area (Å²) in [6.07, 6.45) is 4.68. The molecule has 3 aliphatic heterocycles. The maximum absolute atomic E-state index is 13.1. The molecule has 1 aromatic rings. The fourth-order valence-corrected chi connectivity index (χ4v) is 7.01. The maximum atomic E-state index is 13.1. The van der Waals surface area contributed by atoms with Crippen molar-refractivity contribution in [3.05, 3.63) is 46.9 Å². The van der Waals surface area contributed by atoms with E-state index in [0.29, 0.717) is 22.8 Å². The van der Waals surface area contributed by atoms with Gasteiger partial charge in [0.1, 0.15) is 0 Å². The summed E-state index contributed by atoms with van der Waals surface area (Å²) in [5, 5.41) is 0. The molecule has 0 saturated carbocycles. The highest BCUT2D eigenvalue weighted by Crippen LogP contribution is 2.59. The Balaban J connectivity index is 1.85. The van der Waals surface area contributed by atoms with E-state index in [1.807, 2.05) is 18.2 Å². The molecule has 1 aliphatic carbocycles. The highest BCUT2D eigenvalue weighted by atomic mass is 32.2. The van der Waals surface area contributed by atoms with Crippen molar-refractivity contribution in [2.24, 2.45) is 5.41 Å². The van der Waals surface area contributed by atoms with E-state index in [0.717, 1.165) is 24.1 Å². The summed E-state index contributed by atoms with van der Waals surface area (Å²) in [6, 6.07) is 7.29. The zero-order valence-electron chi connectivity index (χ0n) is 12.0. The van der Waals surface area contributed by atoms with Gasteiger partial charge in [-0.3, -0.25) is 9.69 Å². The SMILES string of the molecule is O=C1C=C[C@]23CCN(CC4=C2S(=O)(=O)c2ccccc24)[C@H]3C1. The Morgan fingerprint density at radius 3 is 2.91 bits per heavy atom. The Hall–Kier alpha value is -1.72. The summed E-state index contributed by atoms with van der Waals surface area (Å²) in [5.41, 5.74) is 1.30. The van der Waals surface area contributed by atoms with Gasteiger partial charge in [-0.05, 0) is 29.7 Å². The lowest BCUT2D eigenvalue weighted by molar-refractivity contribution is -0.116. The van der Waals surface area contributed by atoms with Crippen molar-refractivity contribution in [2.75, 3.05) is 13.1 Å². The zero-order chi connectivity index (χ0) is 15.1. The lowest BCUT2D eigenvalue weighted by atomic mass is 9.71. The molecule has 1 unspecified atom stereocenters. The molecule has 5 heteroatoms. The normalized spacial score (nSPS) is 37.0. The van der Waals surface area contributed by atoms with E-state index in [9.17, 15) is 13.2 Å². The maximum Gasteiger partial charge on any atom is 0.204 e. The van der Waals surface area contributed by atoms with Crippen LogP contribution >= 0.6 is 0 Å². The second kappa shape index (κ2) is 3.78. The molecule has 112 valence electrons. The van der Waals surface area contributed by atoms with Crippen LogP contribution in [0, 0.1) is 5.41 Å². The molecule has 1 aromatic carbocycles. The summed E-state index contributed by atoms with van der Waals surface area (Å²) in [4.78, 5) is 15.1. The molecule has 4 aliphatic rings. The number of allylic oxidation sites excluding steroid dienone is 1. The number of benzene rings is 1. The number of sulfone groups is 1. The third-order valence-corrected chi connectivity index (χ3v) is 7.74. The molecule has 3 atom stereocenters. The van der Waals surface area contributed by atoms with E-state index in [4.69, 9.17) is 0 Å². The summed E-state index contributed by atoms with van der Waals surface area (Å²) in [7, 11) is -3.45. The zero-order valence-corrected chi connectivity index (χ0v) is 12.8. The number of fused-ring (bicyclic) bond motifs is 2. The second-order valence-electron chi connectivity index (χ2n) is 6.59. The molecule has 5 rings (SSSR count). The van der Waals surface area contributed by atoms with Gasteiger partial charge in [-0.1, -0.05) is 24.3 Å². The van der Waals surface area contributed by atoms with Crippen LogP contribution in [-0.2, 0) is 14.6 Å². The molecule has 0 aromatic heterocycles. The van der Waals surface area contributed by atoms with Crippen LogP contribution in [0.15, 0.2) is 46.2 Å². The Morgan fingerprint density at radius 2 is 2.05 bits per heavy atom.